The number of aliphatic hydroxyl groups excluding tert-OH is 1. The molecular weight excluding hydrogens is 318 g/mol. The van der Waals surface area contributed by atoms with Gasteiger partial charge in [-0.25, -0.2) is 5.06 Å². The van der Waals surface area contributed by atoms with Crippen LogP contribution in [0.2, 0.25) is 0 Å². The minimum absolute atomic E-state index is 0.143. The van der Waals surface area contributed by atoms with Crippen molar-refractivity contribution in [1.29, 1.82) is 0 Å². The van der Waals surface area contributed by atoms with Crippen LogP contribution in [0.25, 0.3) is 5.57 Å². The molecule has 1 aliphatic carbocycles. The van der Waals surface area contributed by atoms with Gasteiger partial charge < -0.3 is 9.84 Å². The molecule has 1 aromatic carbocycles. The van der Waals surface area contributed by atoms with E-state index in [0.29, 0.717) is 18.4 Å². The second kappa shape index (κ2) is 6.46. The first kappa shape index (κ1) is 18.0. The number of aryl methyl sites for hydroxylation is 3. The summed E-state index contributed by atoms with van der Waals surface area (Å²) in [5.74, 6) is -0.116. The molecule has 5 heteroatoms. The minimum Gasteiger partial charge on any atom is -0.509 e. The molecule has 0 radical (unpaired) electrons. The maximum Gasteiger partial charge on any atom is 0.282 e. The summed E-state index contributed by atoms with van der Waals surface area (Å²) in [5, 5.41) is 12.5. The number of hydrogen-bond acceptors (Lipinski definition) is 4. The number of amides is 1. The number of ether oxygens (including phenoxy) is 1. The Kier molecular flexibility index (Phi) is 4.64. The first-order valence-corrected chi connectivity index (χ1v) is 8.79. The third-order valence-corrected chi connectivity index (χ3v) is 5.67. The predicted molar refractivity (Wildman–Crippen MR) is 96.1 cm³/mol. The van der Waals surface area contributed by atoms with Crippen molar-refractivity contribution >= 4 is 11.5 Å². The van der Waals surface area contributed by atoms with Gasteiger partial charge >= 0.3 is 0 Å². The van der Waals surface area contributed by atoms with Crippen LogP contribution in [0.3, 0.4) is 0 Å². The van der Waals surface area contributed by atoms with Gasteiger partial charge in [-0.1, -0.05) is 17.7 Å². The Morgan fingerprint density at radius 2 is 1.68 bits per heavy atom. The molecule has 1 spiro atoms. The topological polar surface area (TPSA) is 59.0 Å². The minimum atomic E-state index is -0.778. The van der Waals surface area contributed by atoms with E-state index in [9.17, 15) is 9.90 Å². The van der Waals surface area contributed by atoms with Crippen LogP contribution in [0, 0.1) is 20.8 Å². The van der Waals surface area contributed by atoms with Crippen LogP contribution in [0.15, 0.2) is 17.9 Å². The van der Waals surface area contributed by atoms with E-state index in [1.54, 1.807) is 7.11 Å². The summed E-state index contributed by atoms with van der Waals surface area (Å²) < 4.78 is 5.45. The van der Waals surface area contributed by atoms with Gasteiger partial charge in [0.25, 0.3) is 5.91 Å². The summed E-state index contributed by atoms with van der Waals surface area (Å²) in [7, 11) is 3.20. The summed E-state index contributed by atoms with van der Waals surface area (Å²) in [6.07, 6.45) is 2.99. The molecule has 1 heterocycles. The lowest BCUT2D eigenvalue weighted by Gasteiger charge is -2.41. The summed E-state index contributed by atoms with van der Waals surface area (Å²) in [4.78, 5) is 18.6. The fourth-order valence-electron chi connectivity index (χ4n) is 4.53. The SMILES string of the molecule is COC1CCC2(CC1)C(O)=C(c1c(C)cc(C)cc1C)C(=O)N2OC. The van der Waals surface area contributed by atoms with Gasteiger partial charge in [-0.15, -0.1) is 0 Å². The van der Waals surface area contributed by atoms with Gasteiger partial charge in [0, 0.05) is 7.11 Å². The Bertz CT molecular complexity index is 706. The Labute approximate surface area is 149 Å². The van der Waals surface area contributed by atoms with Crippen molar-refractivity contribution < 1.29 is 19.5 Å². The first-order chi connectivity index (χ1) is 11.9. The number of carbonyl (C=O) groups is 1. The number of carbonyl (C=O) groups excluding carboxylic acids is 1. The van der Waals surface area contributed by atoms with Gasteiger partial charge in [0.05, 0.1) is 18.8 Å². The fourth-order valence-corrected chi connectivity index (χ4v) is 4.53. The molecule has 1 saturated carbocycles. The number of methoxy groups -OCH3 is 1. The van der Waals surface area contributed by atoms with E-state index in [0.717, 1.165) is 35.1 Å². The quantitative estimate of drug-likeness (QED) is 0.909. The summed E-state index contributed by atoms with van der Waals surface area (Å²) in [5.41, 5.74) is 3.55. The Hall–Kier alpha value is -1.85. The highest BCUT2D eigenvalue weighted by atomic mass is 16.7. The molecule has 0 bridgehead atoms. The number of rotatable bonds is 3. The van der Waals surface area contributed by atoms with Gasteiger partial charge in [0.2, 0.25) is 0 Å². The molecule has 1 amide bonds. The lowest BCUT2D eigenvalue weighted by atomic mass is 9.78. The molecule has 1 fully saturated rings. The van der Waals surface area contributed by atoms with Crippen molar-refractivity contribution in [2.75, 3.05) is 14.2 Å². The molecule has 1 N–H and O–H groups in total. The van der Waals surface area contributed by atoms with E-state index in [1.165, 1.54) is 12.2 Å². The third-order valence-electron chi connectivity index (χ3n) is 5.67. The Morgan fingerprint density at radius 3 is 2.16 bits per heavy atom. The molecule has 0 saturated heterocycles. The van der Waals surface area contributed by atoms with Crippen molar-refractivity contribution in [3.63, 3.8) is 0 Å². The van der Waals surface area contributed by atoms with Crippen molar-refractivity contribution in [3.8, 4) is 0 Å². The van der Waals surface area contributed by atoms with Crippen LogP contribution >= 0.6 is 0 Å². The molecule has 5 nitrogen and oxygen atoms in total. The van der Waals surface area contributed by atoms with Gasteiger partial charge in [-0.3, -0.25) is 9.63 Å². The van der Waals surface area contributed by atoms with Gasteiger partial charge in [0.15, 0.2) is 0 Å². The lowest BCUT2D eigenvalue weighted by molar-refractivity contribution is -0.203. The van der Waals surface area contributed by atoms with Crippen LogP contribution in [-0.4, -0.2) is 41.9 Å². The normalized spacial score (nSPS) is 26.8. The maximum absolute atomic E-state index is 13.1. The largest absolute Gasteiger partial charge is 0.509 e. The number of benzene rings is 1. The van der Waals surface area contributed by atoms with E-state index in [1.807, 2.05) is 32.9 Å². The van der Waals surface area contributed by atoms with E-state index in [-0.39, 0.29) is 17.8 Å². The van der Waals surface area contributed by atoms with Crippen molar-refractivity contribution in [3.05, 3.63) is 40.1 Å². The second-order valence-electron chi connectivity index (χ2n) is 7.25. The Morgan fingerprint density at radius 1 is 1.12 bits per heavy atom. The van der Waals surface area contributed by atoms with Gasteiger partial charge in [0.1, 0.15) is 11.3 Å². The molecule has 136 valence electrons. The zero-order chi connectivity index (χ0) is 18.4. The van der Waals surface area contributed by atoms with Crippen molar-refractivity contribution in [2.24, 2.45) is 0 Å². The number of nitrogens with zero attached hydrogens (tertiary/aromatic N) is 1. The van der Waals surface area contributed by atoms with Crippen LogP contribution < -0.4 is 0 Å². The molecule has 0 atom stereocenters. The molecule has 0 aromatic heterocycles. The lowest BCUT2D eigenvalue weighted by Crippen LogP contribution is -2.50. The molecule has 3 rings (SSSR count). The van der Waals surface area contributed by atoms with E-state index in [2.05, 4.69) is 0 Å². The summed E-state index contributed by atoms with van der Waals surface area (Å²) in [6.45, 7) is 5.99. The number of hydroxylamine groups is 2. The van der Waals surface area contributed by atoms with Crippen LogP contribution in [0.4, 0.5) is 0 Å². The van der Waals surface area contributed by atoms with Crippen molar-refractivity contribution in [2.45, 2.75) is 58.1 Å². The summed E-state index contributed by atoms with van der Waals surface area (Å²) >= 11 is 0. The molecule has 0 unspecified atom stereocenters. The maximum atomic E-state index is 13.1. The second-order valence-corrected chi connectivity index (χ2v) is 7.25. The molecule has 25 heavy (non-hydrogen) atoms. The highest BCUT2D eigenvalue weighted by Gasteiger charge is 2.55. The standard InChI is InChI=1S/C20H27NO4/c1-12-10-13(2)16(14(3)11-12)17-18(22)20(21(25-5)19(17)23)8-6-15(24-4)7-9-20/h10-11,15,22H,6-9H2,1-5H3. The first-order valence-electron chi connectivity index (χ1n) is 8.79. The van der Waals surface area contributed by atoms with Crippen LogP contribution in [0.5, 0.6) is 0 Å². The molecule has 2 aliphatic rings. The molecule has 1 aromatic rings. The molecular formula is C20H27NO4. The van der Waals surface area contributed by atoms with Gasteiger partial charge in [-0.2, -0.15) is 0 Å². The fraction of sp³-hybridized carbons (Fsp3) is 0.550. The highest BCUT2D eigenvalue weighted by Crippen LogP contribution is 2.48. The Balaban J connectivity index is 2.12. The monoisotopic (exact) mass is 345 g/mol. The predicted octanol–water partition coefficient (Wildman–Crippen LogP) is 3.61. The van der Waals surface area contributed by atoms with Crippen molar-refractivity contribution in [1.82, 2.24) is 5.06 Å². The highest BCUT2D eigenvalue weighted by molar-refractivity contribution is 6.23. The van der Waals surface area contributed by atoms with E-state index in [4.69, 9.17) is 9.57 Å². The third kappa shape index (κ3) is 2.66. The smallest absolute Gasteiger partial charge is 0.282 e. The molecule has 1 aliphatic heterocycles. The van der Waals surface area contributed by atoms with E-state index >= 15 is 0 Å². The van der Waals surface area contributed by atoms with Gasteiger partial charge in [-0.05, 0) is 63.1 Å². The average molecular weight is 345 g/mol. The average Bonchev–Trinajstić information content (AvgIpc) is 2.76. The number of hydrogen-bond donors (Lipinski definition) is 1. The van der Waals surface area contributed by atoms with Crippen LogP contribution in [-0.2, 0) is 14.4 Å². The van der Waals surface area contributed by atoms with E-state index < -0.39 is 5.54 Å². The zero-order valence-electron chi connectivity index (χ0n) is 15.7. The zero-order valence-corrected chi connectivity index (χ0v) is 15.7. The number of aliphatic hydroxyl groups is 1. The summed E-state index contributed by atoms with van der Waals surface area (Å²) in [6, 6.07) is 4.08. The van der Waals surface area contributed by atoms with Crippen LogP contribution in [0.1, 0.15) is 47.9 Å².